The highest BCUT2D eigenvalue weighted by Gasteiger charge is 2.37. The monoisotopic (exact) mass is 362 g/mol. The highest BCUT2D eigenvalue weighted by Crippen LogP contribution is 2.53. The van der Waals surface area contributed by atoms with Gasteiger partial charge in [-0.1, -0.05) is 48.5 Å². The van der Waals surface area contributed by atoms with Crippen LogP contribution in [0.4, 0.5) is 0 Å². The zero-order valence-corrected chi connectivity index (χ0v) is 15.1. The van der Waals surface area contributed by atoms with E-state index in [0.29, 0.717) is 22.9 Å². The van der Waals surface area contributed by atoms with Gasteiger partial charge in [0.2, 0.25) is 0 Å². The number of benzene rings is 3. The van der Waals surface area contributed by atoms with Gasteiger partial charge < -0.3 is 4.52 Å². The lowest BCUT2D eigenvalue weighted by molar-refractivity contribution is -0.510. The second-order valence-electron chi connectivity index (χ2n) is 6.27. The second-order valence-corrected chi connectivity index (χ2v) is 8.56. The quantitative estimate of drug-likeness (QED) is 0.310. The number of hydrogen-bond donors (Lipinski definition) is 0. The molecule has 0 N–H and O–H groups in total. The Hall–Kier alpha value is -2.93. The normalized spacial score (nSPS) is 17.4. The van der Waals surface area contributed by atoms with Crippen LogP contribution < -0.4 is 15.1 Å². The van der Waals surface area contributed by atoms with E-state index in [4.69, 9.17) is 4.52 Å². The van der Waals surface area contributed by atoms with Crippen molar-refractivity contribution in [1.29, 1.82) is 0 Å². The first-order valence-corrected chi connectivity index (χ1v) is 9.91. The minimum atomic E-state index is -3.28. The molecule has 128 valence electrons. The van der Waals surface area contributed by atoms with E-state index in [0.717, 1.165) is 16.7 Å². The first-order valence-electron chi connectivity index (χ1n) is 8.29. The molecule has 0 radical (unpaired) electrons. The number of nitrogens with zero attached hydrogens (tertiary/aromatic N) is 1. The van der Waals surface area contributed by atoms with Crippen LogP contribution >= 0.6 is 7.37 Å². The fourth-order valence-corrected chi connectivity index (χ4v) is 5.58. The molecule has 4 nitrogen and oxygen atoms in total. The minimum absolute atomic E-state index is 0.398. The van der Waals surface area contributed by atoms with Gasteiger partial charge in [0, 0.05) is 11.1 Å². The van der Waals surface area contributed by atoms with Crippen LogP contribution in [-0.2, 0) is 15.9 Å². The summed E-state index contributed by atoms with van der Waals surface area (Å²) < 4.78 is 21.5. The van der Waals surface area contributed by atoms with Crippen LogP contribution in [0.3, 0.4) is 0 Å². The number of fused-ring (bicyclic) bond motifs is 3. The second kappa shape index (κ2) is 6.42. The third-order valence-corrected chi connectivity index (χ3v) is 6.89. The molecular weight excluding hydrogens is 345 g/mol. The van der Waals surface area contributed by atoms with Crippen molar-refractivity contribution in [2.75, 3.05) is 7.05 Å². The molecule has 26 heavy (non-hydrogen) atoms. The van der Waals surface area contributed by atoms with Crippen LogP contribution in [0.25, 0.3) is 11.1 Å². The van der Waals surface area contributed by atoms with E-state index in [1.807, 2.05) is 78.9 Å². The summed E-state index contributed by atoms with van der Waals surface area (Å²) >= 11 is 0. The fourth-order valence-electron chi connectivity index (χ4n) is 3.25. The Morgan fingerprint density at radius 1 is 0.962 bits per heavy atom. The van der Waals surface area contributed by atoms with Gasteiger partial charge in [0.25, 0.3) is 0 Å². The molecule has 0 spiro atoms. The Kier molecular flexibility index (Phi) is 4.08. The Morgan fingerprint density at radius 3 is 2.50 bits per heavy atom. The molecule has 1 unspecified atom stereocenters. The van der Waals surface area contributed by atoms with Crippen LogP contribution in [0, 0.1) is 0 Å². The zero-order valence-electron chi connectivity index (χ0n) is 14.3. The molecule has 0 aliphatic carbocycles. The van der Waals surface area contributed by atoms with Gasteiger partial charge in [0.05, 0.1) is 10.6 Å². The maximum atomic E-state index is 14.0. The Labute approximate surface area is 151 Å². The van der Waals surface area contributed by atoms with Gasteiger partial charge in [-0.15, -0.1) is 0 Å². The van der Waals surface area contributed by atoms with Crippen LogP contribution in [0.15, 0.2) is 72.8 Å². The maximum absolute atomic E-state index is 14.0. The molecule has 1 aliphatic heterocycles. The summed E-state index contributed by atoms with van der Waals surface area (Å²) in [6.07, 6.45) is 1.83. The lowest BCUT2D eigenvalue weighted by Gasteiger charge is -2.29. The average molecular weight is 362 g/mol. The van der Waals surface area contributed by atoms with Gasteiger partial charge in [-0.3, -0.25) is 4.57 Å². The number of hydrogen-bond acceptors (Lipinski definition) is 3. The predicted octanol–water partition coefficient (Wildman–Crippen LogP) is 3.45. The predicted molar refractivity (Wildman–Crippen MR) is 101 cm³/mol. The Bertz CT molecular complexity index is 1100. The lowest BCUT2D eigenvalue weighted by atomic mass is 10.0. The zero-order chi connectivity index (χ0) is 18.1. The largest absolute Gasteiger partial charge is 0.436 e. The summed E-state index contributed by atoms with van der Waals surface area (Å²) in [4.78, 5) is 10.8. The third kappa shape index (κ3) is 2.70. The maximum Gasteiger partial charge on any atom is 0.424 e. The molecule has 3 aromatic rings. The topological polar surface area (TPSA) is 46.4 Å². The van der Waals surface area contributed by atoms with Crippen LogP contribution in [0.5, 0.6) is 5.75 Å². The smallest absolute Gasteiger partial charge is 0.424 e. The Balaban J connectivity index is 1.89. The molecule has 0 saturated heterocycles. The van der Waals surface area contributed by atoms with E-state index in [1.165, 1.54) is 4.58 Å². The van der Waals surface area contributed by atoms with E-state index in [-0.39, 0.29) is 0 Å². The SMILES string of the molecule is C[N+](=C=O)Cc1cccc(P2(=O)Oc3ccccc3-c3ccccc32)c1. The van der Waals surface area contributed by atoms with Gasteiger partial charge >= 0.3 is 13.4 Å². The van der Waals surface area contributed by atoms with Gasteiger partial charge in [0.15, 0.2) is 6.54 Å². The molecule has 4 rings (SSSR count). The van der Waals surface area contributed by atoms with Crippen molar-refractivity contribution in [2.45, 2.75) is 6.54 Å². The highest BCUT2D eigenvalue weighted by atomic mass is 31.2. The third-order valence-electron chi connectivity index (χ3n) is 4.45. The fraction of sp³-hybridized carbons (Fsp3) is 0.0952. The summed E-state index contributed by atoms with van der Waals surface area (Å²) in [7, 11) is -1.63. The highest BCUT2D eigenvalue weighted by molar-refractivity contribution is 7.75. The molecule has 3 aromatic carbocycles. The van der Waals surface area contributed by atoms with Crippen LogP contribution in [0.1, 0.15) is 5.56 Å². The minimum Gasteiger partial charge on any atom is -0.436 e. The van der Waals surface area contributed by atoms with Crippen molar-refractivity contribution in [3.8, 4) is 16.9 Å². The van der Waals surface area contributed by atoms with Gasteiger partial charge in [-0.25, -0.2) is 0 Å². The first kappa shape index (κ1) is 16.5. The number of isocyanates is 1. The van der Waals surface area contributed by atoms with E-state index < -0.39 is 7.37 Å². The van der Waals surface area contributed by atoms with Crippen molar-refractivity contribution >= 4 is 24.1 Å². The molecule has 5 heteroatoms. The van der Waals surface area contributed by atoms with Gasteiger partial charge in [0.1, 0.15) is 12.8 Å². The summed E-state index contributed by atoms with van der Waals surface area (Å²) in [5.41, 5.74) is 2.76. The molecule has 0 aromatic heterocycles. The standard InChI is InChI=1S/C21H17NO3P/c1-22(15-23)14-16-7-6-8-17(13-16)26(24)21-12-5-3-10-19(21)18-9-2-4-11-20(18)25-26/h2-13H,14H2,1H3/q+1. The van der Waals surface area contributed by atoms with Crippen molar-refractivity contribution in [3.05, 3.63) is 78.4 Å². The van der Waals surface area contributed by atoms with Crippen molar-refractivity contribution in [1.82, 2.24) is 0 Å². The number of carbonyl (C=O) groups excluding carboxylic acids is 1. The van der Waals surface area contributed by atoms with Crippen molar-refractivity contribution in [2.24, 2.45) is 0 Å². The van der Waals surface area contributed by atoms with Crippen molar-refractivity contribution < 1.29 is 18.5 Å². The molecular formula is C21H17NO3P+. The molecule has 1 heterocycles. The van der Waals surface area contributed by atoms with Crippen molar-refractivity contribution in [3.63, 3.8) is 0 Å². The molecule has 0 bridgehead atoms. The lowest BCUT2D eigenvalue weighted by Crippen LogP contribution is -2.25. The molecule has 1 atom stereocenters. The van der Waals surface area contributed by atoms with E-state index in [9.17, 15) is 9.36 Å². The first-order chi connectivity index (χ1) is 12.6. The van der Waals surface area contributed by atoms with Crippen LogP contribution in [0.2, 0.25) is 0 Å². The van der Waals surface area contributed by atoms with Gasteiger partial charge in [-0.2, -0.15) is 9.37 Å². The molecule has 1 aliphatic rings. The van der Waals surface area contributed by atoms with E-state index in [1.54, 1.807) is 7.05 Å². The average Bonchev–Trinajstić information content (AvgIpc) is 2.68. The molecule has 0 fully saturated rings. The summed E-state index contributed by atoms with van der Waals surface area (Å²) in [6.45, 7) is 0.398. The summed E-state index contributed by atoms with van der Waals surface area (Å²) in [5.74, 6) is 0.623. The van der Waals surface area contributed by atoms with Crippen LogP contribution in [-0.4, -0.2) is 17.7 Å². The van der Waals surface area contributed by atoms with Gasteiger partial charge in [-0.05, 0) is 29.8 Å². The molecule has 0 amide bonds. The number of para-hydroxylation sites is 1. The number of rotatable bonds is 3. The van der Waals surface area contributed by atoms with E-state index in [2.05, 4.69) is 0 Å². The summed E-state index contributed by atoms with van der Waals surface area (Å²) in [5, 5.41) is 1.32. The molecule has 0 saturated carbocycles. The summed E-state index contributed by atoms with van der Waals surface area (Å²) in [6, 6.07) is 22.7. The van der Waals surface area contributed by atoms with E-state index >= 15 is 0 Å². The Morgan fingerprint density at radius 2 is 1.69 bits per heavy atom.